The van der Waals surface area contributed by atoms with E-state index in [0.717, 1.165) is 12.8 Å². The molecule has 142 valence electrons. The molecular weight excluding hydrogens is 364 g/mol. The first-order chi connectivity index (χ1) is 13.0. The number of carbonyl (C=O) groups excluding carboxylic acids is 2. The van der Waals surface area contributed by atoms with Gasteiger partial charge in [0.2, 0.25) is 5.91 Å². The number of rotatable bonds is 6. The van der Waals surface area contributed by atoms with Crippen molar-refractivity contribution in [2.45, 2.75) is 38.8 Å². The van der Waals surface area contributed by atoms with Gasteiger partial charge in [-0.15, -0.1) is 11.3 Å². The van der Waals surface area contributed by atoms with Gasteiger partial charge in [-0.05, 0) is 54.1 Å². The summed E-state index contributed by atoms with van der Waals surface area (Å²) in [5.41, 5.74) is 1.64. The number of nitrogens with one attached hydrogen (secondary N) is 1. The lowest BCUT2D eigenvalue weighted by atomic mass is 10.1. The summed E-state index contributed by atoms with van der Waals surface area (Å²) in [4.78, 5) is 39.6. The highest BCUT2D eigenvalue weighted by molar-refractivity contribution is 7.10. The van der Waals surface area contributed by atoms with Gasteiger partial charge in [-0.25, -0.2) is 4.79 Å². The van der Waals surface area contributed by atoms with Gasteiger partial charge in [-0.2, -0.15) is 0 Å². The molecule has 7 heteroatoms. The highest BCUT2D eigenvalue weighted by atomic mass is 32.1. The molecule has 0 bridgehead atoms. The van der Waals surface area contributed by atoms with Crippen molar-refractivity contribution in [2.75, 3.05) is 6.54 Å². The number of thiophene rings is 1. The summed E-state index contributed by atoms with van der Waals surface area (Å²) in [5.74, 6) is -1.48. The number of carboxylic acid groups (broad SMARTS) is 1. The van der Waals surface area contributed by atoms with Crippen molar-refractivity contribution in [3.63, 3.8) is 0 Å². The van der Waals surface area contributed by atoms with Crippen molar-refractivity contribution in [1.29, 1.82) is 0 Å². The van der Waals surface area contributed by atoms with E-state index in [4.69, 9.17) is 5.11 Å². The van der Waals surface area contributed by atoms with Crippen LogP contribution in [-0.4, -0.2) is 40.4 Å². The zero-order valence-corrected chi connectivity index (χ0v) is 15.9. The Morgan fingerprint density at radius 2 is 1.89 bits per heavy atom. The number of nitrogens with zero attached hydrogens (tertiary/aromatic N) is 1. The molecule has 1 aliphatic heterocycles. The minimum atomic E-state index is -1.04. The van der Waals surface area contributed by atoms with Crippen molar-refractivity contribution in [3.05, 3.63) is 57.3 Å². The van der Waals surface area contributed by atoms with E-state index in [-0.39, 0.29) is 17.4 Å². The average Bonchev–Trinajstić information content (AvgIpc) is 3.14. The van der Waals surface area contributed by atoms with E-state index < -0.39 is 12.0 Å². The molecule has 0 saturated heterocycles. The fourth-order valence-corrected chi connectivity index (χ4v) is 4.10. The zero-order chi connectivity index (χ0) is 19.4. The Labute approximate surface area is 161 Å². The number of benzene rings is 1. The first-order valence-corrected chi connectivity index (χ1v) is 9.85. The number of amides is 2. The Balaban J connectivity index is 1.68. The van der Waals surface area contributed by atoms with Crippen molar-refractivity contribution in [1.82, 2.24) is 10.2 Å². The van der Waals surface area contributed by atoms with Crippen LogP contribution < -0.4 is 5.32 Å². The molecule has 3 rings (SSSR count). The van der Waals surface area contributed by atoms with E-state index in [1.54, 1.807) is 11.3 Å². The number of carboxylic acids is 1. The van der Waals surface area contributed by atoms with Gasteiger partial charge in [0, 0.05) is 23.5 Å². The summed E-state index contributed by atoms with van der Waals surface area (Å²) in [7, 11) is 0. The van der Waals surface area contributed by atoms with E-state index in [9.17, 15) is 14.4 Å². The van der Waals surface area contributed by atoms with E-state index in [1.807, 2.05) is 17.2 Å². The van der Waals surface area contributed by atoms with Crippen LogP contribution in [0.3, 0.4) is 0 Å². The van der Waals surface area contributed by atoms with Gasteiger partial charge < -0.3 is 15.3 Å². The smallest absolute Gasteiger partial charge is 0.335 e. The second-order valence-corrected chi connectivity index (χ2v) is 7.58. The zero-order valence-electron chi connectivity index (χ0n) is 15.1. The minimum absolute atomic E-state index is 0.0655. The Morgan fingerprint density at radius 1 is 1.19 bits per heavy atom. The second kappa shape index (κ2) is 8.35. The lowest BCUT2D eigenvalue weighted by Gasteiger charge is -2.31. The predicted molar refractivity (Wildman–Crippen MR) is 103 cm³/mol. The molecule has 0 spiro atoms. The molecule has 0 radical (unpaired) electrons. The van der Waals surface area contributed by atoms with Crippen LogP contribution in [0, 0.1) is 0 Å². The van der Waals surface area contributed by atoms with E-state index >= 15 is 0 Å². The molecule has 1 atom stereocenters. The van der Waals surface area contributed by atoms with Crippen LogP contribution in [-0.2, 0) is 17.8 Å². The maximum Gasteiger partial charge on any atom is 0.335 e. The van der Waals surface area contributed by atoms with E-state index in [1.165, 1.54) is 34.7 Å². The van der Waals surface area contributed by atoms with Gasteiger partial charge in [-0.3, -0.25) is 9.59 Å². The maximum absolute atomic E-state index is 13.0. The van der Waals surface area contributed by atoms with Gasteiger partial charge in [0.1, 0.15) is 6.04 Å². The number of fused-ring (bicyclic) bond motifs is 1. The van der Waals surface area contributed by atoms with Crippen LogP contribution in [0.25, 0.3) is 0 Å². The summed E-state index contributed by atoms with van der Waals surface area (Å²) in [6.45, 7) is 3.22. The average molecular weight is 386 g/mol. The molecule has 1 aromatic heterocycles. The highest BCUT2D eigenvalue weighted by Crippen LogP contribution is 2.24. The fraction of sp³-hybridized carbons (Fsp3) is 0.350. The molecule has 6 nitrogen and oxygen atoms in total. The summed E-state index contributed by atoms with van der Waals surface area (Å²) in [5, 5.41) is 13.8. The quantitative estimate of drug-likeness (QED) is 0.799. The van der Waals surface area contributed by atoms with Crippen molar-refractivity contribution in [2.24, 2.45) is 0 Å². The molecule has 2 amide bonds. The van der Waals surface area contributed by atoms with Gasteiger partial charge in [0.05, 0.1) is 5.56 Å². The SMILES string of the molecule is CCCC(NC(=O)c1ccc(C(=O)O)cc1)C(=O)N1CCc2sccc2C1. The molecule has 1 aliphatic rings. The third-order valence-electron chi connectivity index (χ3n) is 4.69. The van der Waals surface area contributed by atoms with Crippen molar-refractivity contribution >= 4 is 29.1 Å². The molecule has 0 aliphatic carbocycles. The second-order valence-electron chi connectivity index (χ2n) is 6.58. The number of aromatic carboxylic acids is 1. The number of hydrogen-bond acceptors (Lipinski definition) is 4. The summed E-state index contributed by atoms with van der Waals surface area (Å²) in [6.07, 6.45) is 2.18. The van der Waals surface area contributed by atoms with Gasteiger partial charge in [-0.1, -0.05) is 13.3 Å². The van der Waals surface area contributed by atoms with Crippen LogP contribution in [0.4, 0.5) is 0 Å². The molecule has 2 N–H and O–H groups in total. The lowest BCUT2D eigenvalue weighted by molar-refractivity contribution is -0.134. The first kappa shape index (κ1) is 19.1. The first-order valence-electron chi connectivity index (χ1n) is 8.98. The van der Waals surface area contributed by atoms with Crippen LogP contribution in [0.1, 0.15) is 50.9 Å². The molecule has 0 fully saturated rings. The van der Waals surface area contributed by atoms with Gasteiger partial charge in [0.15, 0.2) is 0 Å². The van der Waals surface area contributed by atoms with E-state index in [2.05, 4.69) is 11.4 Å². The topological polar surface area (TPSA) is 86.7 Å². The Morgan fingerprint density at radius 3 is 2.56 bits per heavy atom. The van der Waals surface area contributed by atoms with Crippen LogP contribution in [0.2, 0.25) is 0 Å². The molecule has 1 unspecified atom stereocenters. The normalized spacial score (nSPS) is 14.3. The number of carbonyl (C=O) groups is 3. The van der Waals surface area contributed by atoms with Crippen LogP contribution in [0.5, 0.6) is 0 Å². The minimum Gasteiger partial charge on any atom is -0.478 e. The summed E-state index contributed by atoms with van der Waals surface area (Å²) >= 11 is 1.72. The third kappa shape index (κ3) is 4.36. The van der Waals surface area contributed by atoms with Crippen LogP contribution >= 0.6 is 11.3 Å². The van der Waals surface area contributed by atoms with Gasteiger partial charge >= 0.3 is 5.97 Å². The number of hydrogen-bond donors (Lipinski definition) is 2. The van der Waals surface area contributed by atoms with Crippen molar-refractivity contribution in [3.8, 4) is 0 Å². The fourth-order valence-electron chi connectivity index (χ4n) is 3.21. The van der Waals surface area contributed by atoms with E-state index in [0.29, 0.717) is 25.1 Å². The van der Waals surface area contributed by atoms with Crippen molar-refractivity contribution < 1.29 is 19.5 Å². The van der Waals surface area contributed by atoms with Crippen LogP contribution in [0.15, 0.2) is 35.7 Å². The Kier molecular flexibility index (Phi) is 5.91. The molecule has 2 aromatic rings. The molecule has 0 saturated carbocycles. The lowest BCUT2D eigenvalue weighted by Crippen LogP contribution is -2.49. The summed E-state index contributed by atoms with van der Waals surface area (Å²) in [6, 6.07) is 7.17. The Bertz CT molecular complexity index is 844. The predicted octanol–water partition coefficient (Wildman–Crippen LogP) is 2.93. The molecule has 1 aromatic carbocycles. The summed E-state index contributed by atoms with van der Waals surface area (Å²) < 4.78 is 0. The molecule has 27 heavy (non-hydrogen) atoms. The third-order valence-corrected chi connectivity index (χ3v) is 5.72. The monoisotopic (exact) mass is 386 g/mol. The highest BCUT2D eigenvalue weighted by Gasteiger charge is 2.28. The van der Waals surface area contributed by atoms with Gasteiger partial charge in [0.25, 0.3) is 5.91 Å². The molecule has 2 heterocycles. The molecular formula is C20H22N2O4S. The largest absolute Gasteiger partial charge is 0.478 e. The maximum atomic E-state index is 13.0. The standard InChI is InChI=1S/C20H22N2O4S/c1-2-3-16(19(24)22-10-8-17-15(12-22)9-11-27-17)21-18(23)13-4-6-14(7-5-13)20(25)26/h4-7,9,11,16H,2-3,8,10,12H2,1H3,(H,21,23)(H,25,26). The Hall–Kier alpha value is -2.67.